The van der Waals surface area contributed by atoms with Crippen molar-refractivity contribution in [3.8, 4) is 0 Å². The summed E-state index contributed by atoms with van der Waals surface area (Å²) in [4.78, 5) is 16.1. The minimum atomic E-state index is 0.0848. The molecule has 3 nitrogen and oxygen atoms in total. The molecule has 0 fully saturated rings. The van der Waals surface area contributed by atoms with E-state index in [0.29, 0.717) is 16.4 Å². The van der Waals surface area contributed by atoms with Crippen molar-refractivity contribution in [2.75, 3.05) is 5.75 Å². The van der Waals surface area contributed by atoms with Crippen LogP contribution >= 0.6 is 23.1 Å². The molecule has 1 aromatic heterocycles. The van der Waals surface area contributed by atoms with Crippen LogP contribution in [0.15, 0.2) is 29.3 Å². The maximum atomic E-state index is 11.7. The highest BCUT2D eigenvalue weighted by atomic mass is 32.2. The van der Waals surface area contributed by atoms with Gasteiger partial charge in [0, 0.05) is 0 Å². The lowest BCUT2D eigenvalue weighted by Gasteiger charge is -1.94. The summed E-state index contributed by atoms with van der Waals surface area (Å²) >= 11 is 2.91. The van der Waals surface area contributed by atoms with E-state index in [4.69, 9.17) is 5.73 Å². The number of hydrogen-bond acceptors (Lipinski definition) is 5. The molecule has 0 radical (unpaired) electrons. The van der Waals surface area contributed by atoms with Gasteiger partial charge in [0.2, 0.25) is 0 Å². The standard InChI is InChI=1S/C11H8N2OS2/c12-10-9(7(14)5-15-10)11-13-6-3-1-2-4-8(6)16-11/h1-4H,5,12H2. The van der Waals surface area contributed by atoms with Gasteiger partial charge in [0.1, 0.15) is 5.01 Å². The van der Waals surface area contributed by atoms with Crippen molar-refractivity contribution in [3.63, 3.8) is 0 Å². The van der Waals surface area contributed by atoms with Crippen molar-refractivity contribution in [1.29, 1.82) is 0 Å². The summed E-state index contributed by atoms with van der Waals surface area (Å²) in [6, 6.07) is 7.85. The lowest BCUT2D eigenvalue weighted by Crippen LogP contribution is -2.00. The van der Waals surface area contributed by atoms with Crippen LogP contribution in [0.3, 0.4) is 0 Å². The van der Waals surface area contributed by atoms with Gasteiger partial charge in [-0.2, -0.15) is 0 Å². The van der Waals surface area contributed by atoms with Gasteiger partial charge in [-0.25, -0.2) is 4.98 Å². The Morgan fingerprint density at radius 2 is 2.12 bits per heavy atom. The Morgan fingerprint density at radius 1 is 1.31 bits per heavy atom. The fourth-order valence-electron chi connectivity index (χ4n) is 1.63. The number of thioether (sulfide) groups is 1. The SMILES string of the molecule is NC1=C(c2nc3ccccc3s2)C(=O)CS1. The number of allylic oxidation sites excluding steroid dienone is 1. The molecule has 2 aromatic rings. The fraction of sp³-hybridized carbons (Fsp3) is 0.0909. The summed E-state index contributed by atoms with van der Waals surface area (Å²) in [5.74, 6) is 0.526. The second-order valence-electron chi connectivity index (χ2n) is 3.44. The number of carbonyl (C=O) groups is 1. The van der Waals surface area contributed by atoms with Crippen LogP contribution in [0.4, 0.5) is 0 Å². The third kappa shape index (κ3) is 1.44. The molecule has 0 bridgehead atoms. The van der Waals surface area contributed by atoms with Crippen LogP contribution in [0.2, 0.25) is 0 Å². The van der Waals surface area contributed by atoms with Crippen molar-refractivity contribution in [2.24, 2.45) is 5.73 Å². The first-order valence-electron chi connectivity index (χ1n) is 4.77. The number of nitrogens with zero attached hydrogens (tertiary/aromatic N) is 1. The first-order valence-corrected chi connectivity index (χ1v) is 6.57. The minimum Gasteiger partial charge on any atom is -0.393 e. The van der Waals surface area contributed by atoms with E-state index >= 15 is 0 Å². The van der Waals surface area contributed by atoms with Crippen molar-refractivity contribution < 1.29 is 4.79 Å². The molecule has 2 heterocycles. The zero-order chi connectivity index (χ0) is 11.1. The van der Waals surface area contributed by atoms with E-state index in [2.05, 4.69) is 4.98 Å². The number of hydrogen-bond donors (Lipinski definition) is 1. The van der Waals surface area contributed by atoms with Gasteiger partial charge in [-0.15, -0.1) is 11.3 Å². The van der Waals surface area contributed by atoms with Gasteiger partial charge in [-0.05, 0) is 12.1 Å². The number of nitrogens with two attached hydrogens (primary N) is 1. The second-order valence-corrected chi connectivity index (χ2v) is 5.49. The largest absolute Gasteiger partial charge is 0.393 e. The zero-order valence-corrected chi connectivity index (χ0v) is 9.90. The number of ketones is 1. The number of carbonyl (C=O) groups excluding carboxylic acids is 1. The second kappa shape index (κ2) is 3.61. The third-order valence-corrected chi connectivity index (χ3v) is 4.37. The summed E-state index contributed by atoms with van der Waals surface area (Å²) in [7, 11) is 0. The van der Waals surface area contributed by atoms with E-state index in [9.17, 15) is 4.79 Å². The highest BCUT2D eigenvalue weighted by Crippen LogP contribution is 2.35. The first kappa shape index (κ1) is 9.86. The molecule has 80 valence electrons. The monoisotopic (exact) mass is 248 g/mol. The Hall–Kier alpha value is -1.33. The molecule has 1 aromatic carbocycles. The molecule has 1 aliphatic heterocycles. The van der Waals surface area contributed by atoms with E-state index in [1.165, 1.54) is 23.1 Å². The summed E-state index contributed by atoms with van der Waals surface area (Å²) in [6.45, 7) is 0. The van der Waals surface area contributed by atoms with Crippen LogP contribution in [-0.4, -0.2) is 16.5 Å². The minimum absolute atomic E-state index is 0.0848. The molecule has 2 N–H and O–H groups in total. The molecule has 0 aliphatic carbocycles. The van der Waals surface area contributed by atoms with E-state index in [1.807, 2.05) is 24.3 Å². The average Bonchev–Trinajstić information content (AvgIpc) is 2.82. The first-order chi connectivity index (χ1) is 7.75. The molecule has 5 heteroatoms. The fourth-order valence-corrected chi connectivity index (χ4v) is 3.52. The molecular formula is C11H8N2OS2. The Morgan fingerprint density at radius 3 is 2.81 bits per heavy atom. The molecule has 0 unspecified atom stereocenters. The van der Waals surface area contributed by atoms with Crippen LogP contribution in [0.1, 0.15) is 5.01 Å². The molecule has 0 saturated heterocycles. The van der Waals surface area contributed by atoms with Gasteiger partial charge < -0.3 is 5.73 Å². The number of Topliss-reactive ketones (excluding diaryl/α,β-unsaturated/α-hetero) is 1. The summed E-state index contributed by atoms with van der Waals surface area (Å²) in [6.07, 6.45) is 0. The zero-order valence-electron chi connectivity index (χ0n) is 8.27. The van der Waals surface area contributed by atoms with Gasteiger partial charge in [0.15, 0.2) is 5.78 Å². The summed E-state index contributed by atoms with van der Waals surface area (Å²) in [5, 5.41) is 1.35. The molecule has 0 saturated carbocycles. The molecular weight excluding hydrogens is 240 g/mol. The van der Waals surface area contributed by atoms with E-state index in [0.717, 1.165) is 15.2 Å². The Kier molecular flexibility index (Phi) is 2.22. The normalized spacial score (nSPS) is 16.4. The number of thiazole rings is 1. The number of benzene rings is 1. The van der Waals surface area contributed by atoms with E-state index in [-0.39, 0.29) is 5.78 Å². The topological polar surface area (TPSA) is 56.0 Å². The van der Waals surface area contributed by atoms with E-state index in [1.54, 1.807) is 0 Å². The molecule has 0 amide bonds. The van der Waals surface area contributed by atoms with Gasteiger partial charge >= 0.3 is 0 Å². The highest BCUT2D eigenvalue weighted by molar-refractivity contribution is 8.04. The van der Waals surface area contributed by atoms with E-state index < -0.39 is 0 Å². The Balaban J connectivity index is 2.20. The molecule has 0 atom stereocenters. The summed E-state index contributed by atoms with van der Waals surface area (Å²) < 4.78 is 1.09. The lowest BCUT2D eigenvalue weighted by atomic mass is 10.2. The Bertz CT molecular complexity index is 582. The third-order valence-electron chi connectivity index (χ3n) is 2.39. The molecule has 1 aliphatic rings. The molecule has 0 spiro atoms. The Labute approximate surface area is 100 Å². The van der Waals surface area contributed by atoms with Crippen molar-refractivity contribution in [3.05, 3.63) is 34.3 Å². The predicted molar refractivity (Wildman–Crippen MR) is 68.2 cm³/mol. The number of fused-ring (bicyclic) bond motifs is 1. The molecule has 3 rings (SSSR count). The number of para-hydroxylation sites is 1. The van der Waals surface area contributed by atoms with Gasteiger partial charge in [-0.1, -0.05) is 23.9 Å². The van der Waals surface area contributed by atoms with Crippen LogP contribution in [0, 0.1) is 0 Å². The van der Waals surface area contributed by atoms with Crippen LogP contribution < -0.4 is 5.73 Å². The number of rotatable bonds is 1. The predicted octanol–water partition coefficient (Wildman–Crippen LogP) is 2.24. The van der Waals surface area contributed by atoms with Crippen molar-refractivity contribution >= 4 is 44.7 Å². The quantitative estimate of drug-likeness (QED) is 0.841. The average molecular weight is 248 g/mol. The maximum absolute atomic E-state index is 11.7. The smallest absolute Gasteiger partial charge is 0.178 e. The van der Waals surface area contributed by atoms with Crippen LogP contribution in [-0.2, 0) is 4.79 Å². The summed E-state index contributed by atoms with van der Waals surface area (Å²) in [5.41, 5.74) is 7.34. The van der Waals surface area contributed by atoms with Gasteiger partial charge in [-0.3, -0.25) is 4.79 Å². The highest BCUT2D eigenvalue weighted by Gasteiger charge is 2.25. The van der Waals surface area contributed by atoms with Crippen molar-refractivity contribution in [1.82, 2.24) is 4.98 Å². The lowest BCUT2D eigenvalue weighted by molar-refractivity contribution is -0.111. The maximum Gasteiger partial charge on any atom is 0.178 e. The number of aromatic nitrogens is 1. The van der Waals surface area contributed by atoms with Crippen molar-refractivity contribution in [2.45, 2.75) is 0 Å². The molecule has 16 heavy (non-hydrogen) atoms. The van der Waals surface area contributed by atoms with Gasteiger partial charge in [0.05, 0.1) is 26.6 Å². The van der Waals surface area contributed by atoms with Crippen LogP contribution in [0.5, 0.6) is 0 Å². The van der Waals surface area contributed by atoms with Crippen LogP contribution in [0.25, 0.3) is 15.8 Å². The van der Waals surface area contributed by atoms with Gasteiger partial charge in [0.25, 0.3) is 0 Å².